The largest absolute Gasteiger partial charge is 0.354 e. The summed E-state index contributed by atoms with van der Waals surface area (Å²) in [6.45, 7) is 4.53. The molecule has 0 saturated heterocycles. The van der Waals surface area contributed by atoms with Gasteiger partial charge in [-0.1, -0.05) is 67.2 Å². The monoisotopic (exact) mass is 532 g/mol. The molecule has 4 nitrogen and oxygen atoms in total. The van der Waals surface area contributed by atoms with Crippen molar-refractivity contribution < 1.29 is 14.0 Å². The van der Waals surface area contributed by atoms with Gasteiger partial charge >= 0.3 is 0 Å². The lowest BCUT2D eigenvalue weighted by Crippen LogP contribution is -2.49. The van der Waals surface area contributed by atoms with Gasteiger partial charge in [-0.05, 0) is 37.1 Å². The number of benzene rings is 2. The average Bonchev–Trinajstić information content (AvgIpc) is 2.77. The van der Waals surface area contributed by atoms with Gasteiger partial charge in [0.25, 0.3) is 0 Å². The average molecular weight is 534 g/mol. The fourth-order valence-corrected chi connectivity index (χ4v) is 5.04. The molecular formula is C24H28Cl3FN2O2S. The molecule has 2 aromatic carbocycles. The first-order valence-corrected chi connectivity index (χ1v) is 13.1. The van der Waals surface area contributed by atoms with E-state index in [9.17, 15) is 14.0 Å². The molecule has 9 heteroatoms. The number of nitrogens with one attached hydrogen (secondary N) is 1. The molecule has 0 aliphatic heterocycles. The van der Waals surface area contributed by atoms with Gasteiger partial charge in [0.1, 0.15) is 11.9 Å². The zero-order valence-electron chi connectivity index (χ0n) is 18.7. The van der Waals surface area contributed by atoms with E-state index < -0.39 is 11.9 Å². The van der Waals surface area contributed by atoms with E-state index in [0.29, 0.717) is 39.2 Å². The number of carbonyl (C=O) groups excluding carboxylic acids is 2. The molecule has 1 N–H and O–H groups in total. The van der Waals surface area contributed by atoms with Gasteiger partial charge in [-0.2, -0.15) is 0 Å². The van der Waals surface area contributed by atoms with Crippen LogP contribution in [0.4, 0.5) is 4.39 Å². The van der Waals surface area contributed by atoms with Crippen LogP contribution in [0, 0.1) is 5.82 Å². The second kappa shape index (κ2) is 14.1. The fraction of sp³-hybridized carbons (Fsp3) is 0.417. The third-order valence-corrected chi connectivity index (χ3v) is 7.15. The normalized spacial score (nSPS) is 11.8. The number of hydrogen-bond acceptors (Lipinski definition) is 3. The lowest BCUT2D eigenvalue weighted by Gasteiger charge is -2.31. The van der Waals surface area contributed by atoms with E-state index in [2.05, 4.69) is 5.32 Å². The quantitative estimate of drug-likeness (QED) is 0.307. The highest BCUT2D eigenvalue weighted by Crippen LogP contribution is 2.28. The Hall–Kier alpha value is -1.47. The molecule has 2 rings (SSSR count). The highest BCUT2D eigenvalue weighted by atomic mass is 35.5. The smallest absolute Gasteiger partial charge is 0.242 e. The lowest BCUT2D eigenvalue weighted by molar-refractivity contribution is -0.139. The minimum absolute atomic E-state index is 0.0471. The van der Waals surface area contributed by atoms with E-state index >= 15 is 0 Å². The van der Waals surface area contributed by atoms with Gasteiger partial charge in [-0.25, -0.2) is 4.39 Å². The highest BCUT2D eigenvalue weighted by molar-refractivity contribution is 7.99. The zero-order chi connectivity index (χ0) is 24.4. The maximum Gasteiger partial charge on any atom is 0.242 e. The Morgan fingerprint density at radius 1 is 1.03 bits per heavy atom. The number of carbonyl (C=O) groups is 2. The summed E-state index contributed by atoms with van der Waals surface area (Å²) in [5.74, 6) is -0.613. The van der Waals surface area contributed by atoms with E-state index in [0.717, 1.165) is 12.8 Å². The molecule has 0 aliphatic carbocycles. The second-order valence-electron chi connectivity index (χ2n) is 7.48. The van der Waals surface area contributed by atoms with Crippen molar-refractivity contribution in [3.63, 3.8) is 0 Å². The molecule has 0 aliphatic rings. The summed E-state index contributed by atoms with van der Waals surface area (Å²) in [6.07, 6.45) is 2.23. The molecule has 0 heterocycles. The predicted molar refractivity (Wildman–Crippen MR) is 137 cm³/mol. The molecule has 0 fully saturated rings. The molecule has 0 radical (unpaired) electrons. The molecule has 1 unspecified atom stereocenters. The van der Waals surface area contributed by atoms with E-state index in [4.69, 9.17) is 34.8 Å². The van der Waals surface area contributed by atoms with Gasteiger partial charge in [0.2, 0.25) is 11.8 Å². The van der Waals surface area contributed by atoms with Crippen LogP contribution in [0.1, 0.15) is 44.2 Å². The summed E-state index contributed by atoms with van der Waals surface area (Å²) in [4.78, 5) is 27.7. The van der Waals surface area contributed by atoms with Crippen LogP contribution < -0.4 is 5.32 Å². The molecular weight excluding hydrogens is 506 g/mol. The standard InChI is InChI=1S/C24H28Cl3FN2O2S/c1-3-5-12-29-24(32)22(4-2)30(13-16-18(25)8-6-9-19(16)26)23(31)15-33-14-17-20(27)10-7-11-21(17)28/h6-11,22H,3-5,12-15H2,1-2H3,(H,29,32). The summed E-state index contributed by atoms with van der Waals surface area (Å²) in [5, 5.41) is 4.07. The van der Waals surface area contributed by atoms with Crippen molar-refractivity contribution >= 4 is 58.4 Å². The third-order valence-electron chi connectivity index (χ3n) is 5.14. The number of thioether (sulfide) groups is 1. The molecule has 2 aromatic rings. The van der Waals surface area contributed by atoms with Crippen LogP contribution in [0.2, 0.25) is 15.1 Å². The maximum absolute atomic E-state index is 14.1. The van der Waals surface area contributed by atoms with Crippen LogP contribution in [0.15, 0.2) is 36.4 Å². The van der Waals surface area contributed by atoms with Crippen LogP contribution >= 0.6 is 46.6 Å². The predicted octanol–water partition coefficient (Wildman–Crippen LogP) is 6.74. The van der Waals surface area contributed by atoms with E-state index in [-0.39, 0.29) is 29.9 Å². The zero-order valence-corrected chi connectivity index (χ0v) is 21.8. The van der Waals surface area contributed by atoms with E-state index in [1.165, 1.54) is 28.8 Å². The Morgan fingerprint density at radius 2 is 1.64 bits per heavy atom. The first kappa shape index (κ1) is 27.8. The fourth-order valence-electron chi connectivity index (χ4n) is 3.27. The minimum atomic E-state index is -0.681. The number of nitrogens with zero attached hydrogens (tertiary/aromatic N) is 1. The van der Waals surface area contributed by atoms with Gasteiger partial charge in [0.05, 0.1) is 5.75 Å². The number of unbranched alkanes of at least 4 members (excludes halogenated alkanes) is 1. The van der Waals surface area contributed by atoms with Crippen LogP contribution in [-0.2, 0) is 21.9 Å². The molecule has 0 bridgehead atoms. The van der Waals surface area contributed by atoms with E-state index in [1.54, 1.807) is 24.3 Å². The van der Waals surface area contributed by atoms with Crippen LogP contribution in [-0.4, -0.2) is 35.1 Å². The summed E-state index contributed by atoms with van der Waals surface area (Å²) < 4.78 is 14.1. The number of hydrogen-bond donors (Lipinski definition) is 1. The Balaban J connectivity index is 2.21. The van der Waals surface area contributed by atoms with Crippen molar-refractivity contribution in [1.29, 1.82) is 0 Å². The van der Waals surface area contributed by atoms with Crippen LogP contribution in [0.25, 0.3) is 0 Å². The van der Waals surface area contributed by atoms with E-state index in [1.807, 2.05) is 13.8 Å². The van der Waals surface area contributed by atoms with Gasteiger partial charge < -0.3 is 10.2 Å². The van der Waals surface area contributed by atoms with Crippen molar-refractivity contribution in [2.75, 3.05) is 12.3 Å². The molecule has 2 amide bonds. The van der Waals surface area contributed by atoms with Gasteiger partial charge in [0.15, 0.2) is 0 Å². The Morgan fingerprint density at radius 3 is 2.21 bits per heavy atom. The van der Waals surface area contributed by atoms with Crippen molar-refractivity contribution in [3.05, 3.63) is 68.4 Å². The topological polar surface area (TPSA) is 49.4 Å². The molecule has 1 atom stereocenters. The van der Waals surface area contributed by atoms with Crippen LogP contribution in [0.3, 0.4) is 0 Å². The van der Waals surface area contributed by atoms with Gasteiger partial charge in [-0.3, -0.25) is 9.59 Å². The number of rotatable bonds is 12. The molecule has 0 spiro atoms. The number of amides is 2. The summed E-state index contributed by atoms with van der Waals surface area (Å²) in [6, 6.07) is 8.92. The second-order valence-corrected chi connectivity index (χ2v) is 9.69. The molecule has 180 valence electrons. The van der Waals surface area contributed by atoms with Crippen molar-refractivity contribution in [2.24, 2.45) is 0 Å². The SMILES string of the molecule is CCCCNC(=O)C(CC)N(Cc1c(Cl)cccc1Cl)C(=O)CSCc1c(F)cccc1Cl. The summed E-state index contributed by atoms with van der Waals surface area (Å²) in [5.41, 5.74) is 0.929. The van der Waals surface area contributed by atoms with Crippen molar-refractivity contribution in [3.8, 4) is 0 Å². The summed E-state index contributed by atoms with van der Waals surface area (Å²) >= 11 is 20.0. The first-order valence-electron chi connectivity index (χ1n) is 10.8. The molecule has 0 aromatic heterocycles. The lowest BCUT2D eigenvalue weighted by atomic mass is 10.1. The van der Waals surface area contributed by atoms with Gasteiger partial charge in [-0.15, -0.1) is 11.8 Å². The third kappa shape index (κ3) is 8.06. The Kier molecular flexibility index (Phi) is 11.8. The van der Waals surface area contributed by atoms with Crippen molar-refractivity contribution in [2.45, 2.75) is 51.4 Å². The minimum Gasteiger partial charge on any atom is -0.354 e. The number of halogens is 4. The van der Waals surface area contributed by atoms with Crippen LogP contribution in [0.5, 0.6) is 0 Å². The Labute approximate surface area is 214 Å². The molecule has 33 heavy (non-hydrogen) atoms. The molecule has 0 saturated carbocycles. The van der Waals surface area contributed by atoms with Crippen molar-refractivity contribution in [1.82, 2.24) is 10.2 Å². The highest BCUT2D eigenvalue weighted by Gasteiger charge is 2.29. The summed E-state index contributed by atoms with van der Waals surface area (Å²) in [7, 11) is 0. The first-order chi connectivity index (χ1) is 15.8. The van der Waals surface area contributed by atoms with Gasteiger partial charge in [0, 0.05) is 45.0 Å². The maximum atomic E-state index is 14.1. The Bertz CT molecular complexity index is 921.